The van der Waals surface area contributed by atoms with Gasteiger partial charge in [0.2, 0.25) is 0 Å². The number of hydrogen-bond acceptors (Lipinski definition) is 8. The van der Waals surface area contributed by atoms with Gasteiger partial charge in [-0.2, -0.15) is 0 Å². The van der Waals surface area contributed by atoms with E-state index in [-0.39, 0.29) is 35.0 Å². The van der Waals surface area contributed by atoms with E-state index in [1.807, 2.05) is 18.4 Å². The van der Waals surface area contributed by atoms with Gasteiger partial charge in [0, 0.05) is 36.6 Å². The molecule has 0 unspecified atom stereocenters. The van der Waals surface area contributed by atoms with E-state index >= 15 is 0 Å². The summed E-state index contributed by atoms with van der Waals surface area (Å²) in [5.41, 5.74) is 2.43. The zero-order valence-electron chi connectivity index (χ0n) is 24.2. The number of aryl methyl sites for hydroxylation is 1. The van der Waals surface area contributed by atoms with Crippen LogP contribution in [0.15, 0.2) is 88.9 Å². The molecule has 1 amide bonds. The van der Waals surface area contributed by atoms with Crippen molar-refractivity contribution in [2.45, 2.75) is 49.9 Å². The quantitative estimate of drug-likeness (QED) is 0.116. The number of β-amino-alcohol motifs (C(OH)–C–C–N with tert-alkyl or cyclic N) is 1. The molecule has 0 spiro atoms. The fourth-order valence-corrected chi connectivity index (χ4v) is 5.65. The molecule has 44 heavy (non-hydrogen) atoms. The number of H-pyrrole nitrogens is 2. The van der Waals surface area contributed by atoms with E-state index in [2.05, 4.69) is 35.5 Å². The average Bonchev–Trinajstić information content (AvgIpc) is 3.63. The normalized spacial score (nSPS) is 12.7. The predicted octanol–water partition coefficient (Wildman–Crippen LogP) is 2.67. The summed E-state index contributed by atoms with van der Waals surface area (Å²) in [6.45, 7) is 5.05. The van der Waals surface area contributed by atoms with Crippen LogP contribution in [0.25, 0.3) is 11.2 Å². The minimum Gasteiger partial charge on any atom is -0.387 e. The third-order valence-electron chi connectivity index (χ3n) is 7.14. The first-order chi connectivity index (χ1) is 21.0. The average molecular weight is 619 g/mol. The molecule has 0 aliphatic heterocycles. The number of amides is 1. The van der Waals surface area contributed by atoms with Crippen molar-refractivity contribution >= 4 is 32.8 Å². The van der Waals surface area contributed by atoms with Crippen molar-refractivity contribution in [3.05, 3.63) is 106 Å². The number of imidazole rings is 1. The molecule has 0 saturated heterocycles. The molecule has 3 heterocycles. The Labute approximate surface area is 253 Å². The van der Waals surface area contributed by atoms with E-state index < -0.39 is 16.1 Å². The molecule has 0 bridgehead atoms. The highest BCUT2D eigenvalue weighted by Crippen LogP contribution is 2.22. The Morgan fingerprint density at radius 2 is 1.84 bits per heavy atom. The number of carbonyl (C=O) groups excluding carboxylic acids is 1. The molecule has 3 aromatic heterocycles. The van der Waals surface area contributed by atoms with Crippen LogP contribution in [0.1, 0.15) is 48.0 Å². The van der Waals surface area contributed by atoms with Gasteiger partial charge in [-0.15, -0.1) is 0 Å². The fourth-order valence-electron chi connectivity index (χ4n) is 4.58. The number of carbonyl (C=O) groups is 1. The van der Waals surface area contributed by atoms with Crippen LogP contribution in [0, 0.1) is 0 Å². The molecule has 14 heteroatoms. The van der Waals surface area contributed by atoms with E-state index in [1.54, 1.807) is 54.9 Å². The molecule has 0 fully saturated rings. The Bertz CT molecular complexity index is 1910. The number of rotatable bonds is 13. The summed E-state index contributed by atoms with van der Waals surface area (Å²) in [4.78, 5) is 32.8. The fraction of sp³-hybridized carbons (Fsp3) is 0.267. The smallest absolute Gasteiger partial charge is 0.264 e. The highest BCUT2D eigenvalue weighted by molar-refractivity contribution is 7.92. The summed E-state index contributed by atoms with van der Waals surface area (Å²) in [6, 6.07) is 17.8. The molecule has 0 saturated carbocycles. The number of pyridine rings is 1. The molecule has 230 valence electrons. The first-order valence-electron chi connectivity index (χ1n) is 14.0. The van der Waals surface area contributed by atoms with Crippen molar-refractivity contribution in [1.29, 1.82) is 0 Å². The predicted molar refractivity (Wildman–Crippen MR) is 165 cm³/mol. The van der Waals surface area contributed by atoms with E-state index in [0.717, 1.165) is 0 Å². The van der Waals surface area contributed by atoms with Gasteiger partial charge in [0.15, 0.2) is 5.65 Å². The van der Waals surface area contributed by atoms with Crippen LogP contribution >= 0.6 is 0 Å². The van der Waals surface area contributed by atoms with Crippen molar-refractivity contribution in [1.82, 2.24) is 35.4 Å². The number of nitrogens with one attached hydrogen (secondary N) is 5. The number of aromatic nitrogens is 5. The number of sulfonamides is 1. The van der Waals surface area contributed by atoms with Gasteiger partial charge in [-0.05, 0) is 56.2 Å². The standard InChI is InChI=1S/C30H34N8O5S/c1-30(2,34-18-26(39)20-7-6-8-22(13-20)37-44(42,43)24-9-4-3-5-10-24)11-12-38-19-33-25-14-21(16-31-28(25)38)29(41)32-17-23-15-27(40)36-35-23/h3-10,13-16,19,26,34,37,39H,11-12,17-18H2,1-2H3,(H,32,41)(H2,35,36,40)/t26-/m0/s1. The van der Waals surface area contributed by atoms with E-state index in [0.29, 0.717) is 46.6 Å². The lowest BCUT2D eigenvalue weighted by atomic mass is 9.99. The van der Waals surface area contributed by atoms with Gasteiger partial charge in [-0.1, -0.05) is 30.3 Å². The van der Waals surface area contributed by atoms with Crippen LogP contribution in [-0.4, -0.2) is 56.2 Å². The van der Waals surface area contributed by atoms with Crippen molar-refractivity contribution < 1.29 is 18.3 Å². The summed E-state index contributed by atoms with van der Waals surface area (Å²) >= 11 is 0. The number of aliphatic hydroxyl groups is 1. The summed E-state index contributed by atoms with van der Waals surface area (Å²) < 4.78 is 29.9. The molecule has 6 N–H and O–H groups in total. The van der Waals surface area contributed by atoms with Gasteiger partial charge < -0.3 is 25.4 Å². The minimum absolute atomic E-state index is 0.157. The molecular weight excluding hydrogens is 584 g/mol. The molecule has 5 aromatic rings. The third kappa shape index (κ3) is 7.58. The Balaban J connectivity index is 1.14. The summed E-state index contributed by atoms with van der Waals surface area (Å²) in [5.74, 6) is -0.334. The Hall–Kier alpha value is -4.79. The molecule has 0 aliphatic carbocycles. The SMILES string of the molecule is CC(C)(CCn1cnc2cc(C(=O)NCc3cc(=O)[nH][nH]3)cnc21)NC[C@H](O)c1cccc(NS(=O)(=O)c2ccccc2)c1. The Morgan fingerprint density at radius 3 is 2.59 bits per heavy atom. The lowest BCUT2D eigenvalue weighted by molar-refractivity contribution is 0.0950. The minimum atomic E-state index is -3.75. The van der Waals surface area contributed by atoms with E-state index in [9.17, 15) is 23.1 Å². The molecular formula is C30H34N8O5S. The first kappa shape index (κ1) is 30.7. The van der Waals surface area contributed by atoms with E-state index in [1.165, 1.54) is 24.4 Å². The number of aliphatic hydroxyl groups excluding tert-OH is 1. The molecule has 2 aromatic carbocycles. The molecule has 13 nitrogen and oxygen atoms in total. The van der Waals surface area contributed by atoms with Crippen LogP contribution in [0.4, 0.5) is 5.69 Å². The van der Waals surface area contributed by atoms with Gasteiger partial charge in [0.05, 0.1) is 35.1 Å². The highest BCUT2D eigenvalue weighted by Gasteiger charge is 2.21. The Kier molecular flexibility index (Phi) is 8.94. The van der Waals surface area contributed by atoms with Crippen molar-refractivity contribution in [2.75, 3.05) is 11.3 Å². The second kappa shape index (κ2) is 12.8. The third-order valence-corrected chi connectivity index (χ3v) is 8.53. The summed E-state index contributed by atoms with van der Waals surface area (Å²) in [7, 11) is -3.75. The maximum Gasteiger partial charge on any atom is 0.264 e. The second-order valence-corrected chi connectivity index (χ2v) is 12.7. The lowest BCUT2D eigenvalue weighted by Gasteiger charge is -2.28. The van der Waals surface area contributed by atoms with Gasteiger partial charge in [0.1, 0.15) is 5.52 Å². The zero-order valence-corrected chi connectivity index (χ0v) is 25.1. The second-order valence-electron chi connectivity index (χ2n) is 11.0. The molecule has 5 rings (SSSR count). The van der Waals surface area contributed by atoms with Gasteiger partial charge >= 0.3 is 0 Å². The number of benzene rings is 2. The maximum absolute atomic E-state index is 12.7. The Morgan fingerprint density at radius 1 is 1.05 bits per heavy atom. The molecule has 0 radical (unpaired) electrons. The highest BCUT2D eigenvalue weighted by atomic mass is 32.2. The first-order valence-corrected chi connectivity index (χ1v) is 15.4. The number of fused-ring (bicyclic) bond motifs is 1. The topological polar surface area (TPSA) is 187 Å². The number of hydrogen-bond donors (Lipinski definition) is 6. The van der Waals surface area contributed by atoms with Crippen LogP contribution in [0.2, 0.25) is 0 Å². The lowest BCUT2D eigenvalue weighted by Crippen LogP contribution is -2.42. The van der Waals surface area contributed by atoms with Crippen LogP contribution < -0.4 is 20.9 Å². The number of nitrogens with zero attached hydrogens (tertiary/aromatic N) is 3. The maximum atomic E-state index is 12.7. The summed E-state index contributed by atoms with van der Waals surface area (Å²) in [5, 5.41) is 22.1. The molecule has 1 atom stereocenters. The van der Waals surface area contributed by atoms with Gasteiger partial charge in [-0.3, -0.25) is 19.4 Å². The number of aromatic amines is 2. The van der Waals surface area contributed by atoms with E-state index in [4.69, 9.17) is 0 Å². The largest absolute Gasteiger partial charge is 0.387 e. The monoisotopic (exact) mass is 618 g/mol. The number of anilines is 1. The van der Waals surface area contributed by atoms with Crippen LogP contribution in [-0.2, 0) is 23.1 Å². The van der Waals surface area contributed by atoms with Gasteiger partial charge in [0.25, 0.3) is 21.5 Å². The van der Waals surface area contributed by atoms with Crippen molar-refractivity contribution in [3.8, 4) is 0 Å². The molecule has 0 aliphatic rings. The van der Waals surface area contributed by atoms with Crippen molar-refractivity contribution in [3.63, 3.8) is 0 Å². The van der Waals surface area contributed by atoms with Gasteiger partial charge in [-0.25, -0.2) is 18.4 Å². The van der Waals surface area contributed by atoms with Crippen LogP contribution in [0.3, 0.4) is 0 Å². The zero-order chi connectivity index (χ0) is 31.3. The van der Waals surface area contributed by atoms with Crippen LogP contribution in [0.5, 0.6) is 0 Å². The van der Waals surface area contributed by atoms with Crippen molar-refractivity contribution in [2.24, 2.45) is 0 Å². The summed E-state index contributed by atoms with van der Waals surface area (Å²) in [6.07, 6.45) is 2.98.